The Hall–Kier alpha value is -1.38. The predicted octanol–water partition coefficient (Wildman–Crippen LogP) is 2.51. The van der Waals surface area contributed by atoms with Crippen LogP contribution in [0.4, 0.5) is 14.9 Å². The summed E-state index contributed by atoms with van der Waals surface area (Å²) in [6.07, 6.45) is 1.64. The number of aliphatic carboxylic acids is 1. The summed E-state index contributed by atoms with van der Waals surface area (Å²) >= 11 is 1.91. The van der Waals surface area contributed by atoms with E-state index < -0.39 is 12.0 Å². The standard InChI is InChI=1S/C12H12FIN2O3/c13-7-1-4-10(9(14)5-7)15-12(19)16(6-11(17)18)8-2-3-8/h1,4-5,8H,2-3,6H2,(H,15,19)(H,17,18). The topological polar surface area (TPSA) is 69.6 Å². The van der Waals surface area contributed by atoms with Crippen molar-refractivity contribution in [3.05, 3.63) is 27.6 Å². The average molecular weight is 378 g/mol. The predicted molar refractivity (Wildman–Crippen MR) is 75.5 cm³/mol. The summed E-state index contributed by atoms with van der Waals surface area (Å²) in [5.74, 6) is -1.43. The molecule has 2 amide bonds. The maximum Gasteiger partial charge on any atom is 0.323 e. The number of carboxylic acid groups (broad SMARTS) is 1. The number of anilines is 1. The minimum atomic E-state index is -1.05. The van der Waals surface area contributed by atoms with Crippen LogP contribution in [0, 0.1) is 9.39 Å². The van der Waals surface area contributed by atoms with Gasteiger partial charge in [0, 0.05) is 9.61 Å². The van der Waals surface area contributed by atoms with Crippen LogP contribution in [-0.4, -0.2) is 34.6 Å². The lowest BCUT2D eigenvalue weighted by Gasteiger charge is -2.21. The molecule has 2 N–H and O–H groups in total. The summed E-state index contributed by atoms with van der Waals surface area (Å²) in [6.45, 7) is -0.325. The van der Waals surface area contributed by atoms with Crippen molar-refractivity contribution in [3.63, 3.8) is 0 Å². The van der Waals surface area contributed by atoms with Crippen molar-refractivity contribution in [2.75, 3.05) is 11.9 Å². The molecule has 0 bridgehead atoms. The molecule has 1 saturated carbocycles. The van der Waals surface area contributed by atoms with Crippen molar-refractivity contribution < 1.29 is 19.1 Å². The highest BCUT2D eigenvalue weighted by Gasteiger charge is 2.34. The third-order valence-electron chi connectivity index (χ3n) is 2.73. The van der Waals surface area contributed by atoms with Crippen LogP contribution in [-0.2, 0) is 4.79 Å². The van der Waals surface area contributed by atoms with E-state index in [1.54, 1.807) is 0 Å². The van der Waals surface area contributed by atoms with Gasteiger partial charge in [-0.25, -0.2) is 9.18 Å². The van der Waals surface area contributed by atoms with E-state index in [0.717, 1.165) is 12.8 Å². The fraction of sp³-hybridized carbons (Fsp3) is 0.333. The highest BCUT2D eigenvalue weighted by atomic mass is 127. The molecular formula is C12H12FIN2O3. The monoisotopic (exact) mass is 378 g/mol. The molecule has 19 heavy (non-hydrogen) atoms. The lowest BCUT2D eigenvalue weighted by molar-refractivity contribution is -0.137. The number of rotatable bonds is 4. The third-order valence-corrected chi connectivity index (χ3v) is 3.62. The van der Waals surface area contributed by atoms with Gasteiger partial charge in [0.1, 0.15) is 12.4 Å². The van der Waals surface area contributed by atoms with E-state index in [1.165, 1.54) is 23.1 Å². The van der Waals surface area contributed by atoms with Crippen LogP contribution < -0.4 is 5.32 Å². The molecule has 1 aliphatic rings. The number of carbonyl (C=O) groups is 2. The van der Waals surface area contributed by atoms with Gasteiger partial charge in [-0.1, -0.05) is 0 Å². The summed E-state index contributed by atoms with van der Waals surface area (Å²) in [5, 5.41) is 11.4. The van der Waals surface area contributed by atoms with Crippen LogP contribution in [0.5, 0.6) is 0 Å². The van der Waals surface area contributed by atoms with Gasteiger partial charge < -0.3 is 15.3 Å². The van der Waals surface area contributed by atoms with E-state index >= 15 is 0 Å². The third kappa shape index (κ3) is 3.79. The van der Waals surface area contributed by atoms with Crippen LogP contribution in [0.1, 0.15) is 12.8 Å². The second-order valence-electron chi connectivity index (χ2n) is 4.31. The van der Waals surface area contributed by atoms with E-state index in [4.69, 9.17) is 5.11 Å². The Morgan fingerprint density at radius 2 is 2.16 bits per heavy atom. The van der Waals surface area contributed by atoms with Crippen LogP contribution in [0.2, 0.25) is 0 Å². The molecule has 0 unspecified atom stereocenters. The Morgan fingerprint density at radius 3 is 2.68 bits per heavy atom. The molecule has 0 heterocycles. The highest BCUT2D eigenvalue weighted by molar-refractivity contribution is 14.1. The highest BCUT2D eigenvalue weighted by Crippen LogP contribution is 2.28. The van der Waals surface area contributed by atoms with Crippen molar-refractivity contribution in [2.45, 2.75) is 18.9 Å². The number of amides is 2. The molecule has 1 aliphatic carbocycles. The Balaban J connectivity index is 2.07. The minimum absolute atomic E-state index is 0.00536. The van der Waals surface area contributed by atoms with Crippen LogP contribution in [0.25, 0.3) is 0 Å². The van der Waals surface area contributed by atoms with Crippen molar-refractivity contribution >= 4 is 40.3 Å². The Bertz CT molecular complexity index is 520. The molecule has 0 radical (unpaired) electrons. The zero-order valence-corrected chi connectivity index (χ0v) is 12.1. The number of carboxylic acids is 1. The molecule has 5 nitrogen and oxygen atoms in total. The number of hydrogen-bond acceptors (Lipinski definition) is 2. The number of carbonyl (C=O) groups excluding carboxylic acids is 1. The van der Waals surface area contributed by atoms with Crippen molar-refractivity contribution in [3.8, 4) is 0 Å². The Kier molecular flexibility index (Phi) is 4.23. The zero-order chi connectivity index (χ0) is 14.0. The number of urea groups is 1. The largest absolute Gasteiger partial charge is 0.480 e. The van der Waals surface area contributed by atoms with Crippen LogP contribution in [0.3, 0.4) is 0 Å². The summed E-state index contributed by atoms with van der Waals surface area (Å²) in [5.41, 5.74) is 0.475. The van der Waals surface area contributed by atoms with Gasteiger partial charge in [0.15, 0.2) is 0 Å². The normalized spacial score (nSPS) is 14.0. The van der Waals surface area contributed by atoms with Gasteiger partial charge in [-0.3, -0.25) is 4.79 Å². The molecule has 102 valence electrons. The number of benzene rings is 1. The number of nitrogens with zero attached hydrogens (tertiary/aromatic N) is 1. The van der Waals surface area contributed by atoms with Gasteiger partial charge in [0.2, 0.25) is 0 Å². The van der Waals surface area contributed by atoms with E-state index in [0.29, 0.717) is 9.26 Å². The van der Waals surface area contributed by atoms with Crippen molar-refractivity contribution in [1.29, 1.82) is 0 Å². The SMILES string of the molecule is O=C(O)CN(C(=O)Nc1ccc(F)cc1I)C1CC1. The first-order chi connectivity index (χ1) is 8.97. The van der Waals surface area contributed by atoms with Gasteiger partial charge >= 0.3 is 12.0 Å². The maximum atomic E-state index is 12.9. The molecule has 1 aromatic rings. The molecule has 1 aromatic carbocycles. The quantitative estimate of drug-likeness (QED) is 0.792. The first-order valence-electron chi connectivity index (χ1n) is 5.72. The van der Waals surface area contributed by atoms with E-state index in [1.807, 2.05) is 22.6 Å². The molecule has 0 atom stereocenters. The lowest BCUT2D eigenvalue weighted by atomic mass is 10.3. The van der Waals surface area contributed by atoms with Gasteiger partial charge in [-0.2, -0.15) is 0 Å². The summed E-state index contributed by atoms with van der Waals surface area (Å²) < 4.78 is 13.5. The molecule has 7 heteroatoms. The second kappa shape index (κ2) is 5.72. The Morgan fingerprint density at radius 1 is 1.47 bits per heavy atom. The molecule has 2 rings (SSSR count). The average Bonchev–Trinajstić information content (AvgIpc) is 3.13. The number of hydrogen-bond donors (Lipinski definition) is 2. The minimum Gasteiger partial charge on any atom is -0.480 e. The first-order valence-corrected chi connectivity index (χ1v) is 6.79. The Labute approximate surface area is 122 Å². The lowest BCUT2D eigenvalue weighted by Crippen LogP contribution is -2.40. The maximum absolute atomic E-state index is 12.9. The molecular weight excluding hydrogens is 366 g/mol. The smallest absolute Gasteiger partial charge is 0.323 e. The zero-order valence-electron chi connectivity index (χ0n) is 9.90. The summed E-state index contributed by atoms with van der Waals surface area (Å²) in [4.78, 5) is 24.1. The van der Waals surface area contributed by atoms with Crippen molar-refractivity contribution in [2.24, 2.45) is 0 Å². The van der Waals surface area contributed by atoms with Crippen LogP contribution >= 0.6 is 22.6 Å². The molecule has 1 fully saturated rings. The molecule has 0 aromatic heterocycles. The van der Waals surface area contributed by atoms with Gasteiger partial charge in [-0.15, -0.1) is 0 Å². The fourth-order valence-electron chi connectivity index (χ4n) is 1.68. The van der Waals surface area contributed by atoms with E-state index in [-0.39, 0.29) is 18.4 Å². The van der Waals surface area contributed by atoms with Gasteiger partial charge in [0.05, 0.1) is 5.69 Å². The van der Waals surface area contributed by atoms with Gasteiger partial charge in [0.25, 0.3) is 0 Å². The van der Waals surface area contributed by atoms with Crippen LogP contribution in [0.15, 0.2) is 18.2 Å². The van der Waals surface area contributed by atoms with E-state index in [9.17, 15) is 14.0 Å². The number of halogens is 2. The number of nitrogens with one attached hydrogen (secondary N) is 1. The van der Waals surface area contributed by atoms with Crippen molar-refractivity contribution in [1.82, 2.24) is 4.90 Å². The summed E-state index contributed by atoms with van der Waals surface area (Å²) in [7, 11) is 0. The van der Waals surface area contributed by atoms with E-state index in [2.05, 4.69) is 5.32 Å². The first kappa shape index (κ1) is 14.0. The molecule has 0 saturated heterocycles. The molecule has 0 spiro atoms. The van der Waals surface area contributed by atoms with Gasteiger partial charge in [-0.05, 0) is 53.6 Å². The fourth-order valence-corrected chi connectivity index (χ4v) is 2.29. The second-order valence-corrected chi connectivity index (χ2v) is 5.47. The molecule has 0 aliphatic heterocycles. The summed E-state index contributed by atoms with van der Waals surface area (Å²) in [6, 6.07) is 3.54.